The Morgan fingerprint density at radius 1 is 1.02 bits per heavy atom. The minimum Gasteiger partial charge on any atom is -0.460 e. The zero-order valence-electron chi connectivity index (χ0n) is 25.4. The third-order valence-electron chi connectivity index (χ3n) is 10.0. The van der Waals surface area contributed by atoms with Crippen LogP contribution in [0.2, 0.25) is 0 Å². The second kappa shape index (κ2) is 14.3. The molecule has 1 saturated carbocycles. The van der Waals surface area contributed by atoms with E-state index < -0.39 is 5.41 Å². The molecule has 5 fully saturated rings. The van der Waals surface area contributed by atoms with E-state index >= 15 is 0 Å². The second-order valence-corrected chi connectivity index (χ2v) is 12.9. The average molecular weight is 590 g/mol. The van der Waals surface area contributed by atoms with Crippen LogP contribution in [0.3, 0.4) is 0 Å². The molecule has 0 radical (unpaired) electrons. The Labute approximate surface area is 255 Å². The van der Waals surface area contributed by atoms with Gasteiger partial charge in [0.1, 0.15) is 6.10 Å². The first-order chi connectivity index (χ1) is 21.1. The summed E-state index contributed by atoms with van der Waals surface area (Å²) in [4.78, 5) is 33.4. The summed E-state index contributed by atoms with van der Waals surface area (Å²) >= 11 is 0. The van der Waals surface area contributed by atoms with Crippen molar-refractivity contribution in [1.82, 2.24) is 15.2 Å². The lowest BCUT2D eigenvalue weighted by molar-refractivity contribution is -0.169. The van der Waals surface area contributed by atoms with Crippen molar-refractivity contribution in [3.05, 3.63) is 65.0 Å². The molecule has 2 atom stereocenters. The maximum Gasteiger partial charge on any atom is 0.316 e. The monoisotopic (exact) mass is 589 g/mol. The normalized spacial score (nSPS) is 26.5. The van der Waals surface area contributed by atoms with Gasteiger partial charge in [-0.05, 0) is 100 Å². The molecular weight excluding hydrogens is 542 g/mol. The van der Waals surface area contributed by atoms with E-state index in [1.807, 2.05) is 6.07 Å². The van der Waals surface area contributed by atoms with Crippen molar-refractivity contribution in [3.63, 3.8) is 0 Å². The predicted octanol–water partition coefficient (Wildman–Crippen LogP) is 5.33. The molecule has 43 heavy (non-hydrogen) atoms. The van der Waals surface area contributed by atoms with Crippen molar-refractivity contribution in [2.75, 3.05) is 32.8 Å². The van der Waals surface area contributed by atoms with Gasteiger partial charge in [-0.2, -0.15) is 0 Å². The molecule has 1 aliphatic carbocycles. The first-order valence-electron chi connectivity index (χ1n) is 16.6. The average Bonchev–Trinajstić information content (AvgIpc) is 3.07. The van der Waals surface area contributed by atoms with Crippen LogP contribution in [0, 0.1) is 5.92 Å². The summed E-state index contributed by atoms with van der Waals surface area (Å²) in [5.41, 5.74) is 3.09. The van der Waals surface area contributed by atoms with Crippen LogP contribution in [0.15, 0.2) is 42.6 Å². The first kappa shape index (κ1) is 30.2. The van der Waals surface area contributed by atoms with Crippen LogP contribution < -0.4 is 5.32 Å². The number of amides is 1. The van der Waals surface area contributed by atoms with Crippen LogP contribution in [0.4, 0.5) is 0 Å². The Morgan fingerprint density at radius 2 is 1.88 bits per heavy atom. The summed E-state index contributed by atoms with van der Waals surface area (Å²) in [7, 11) is 0. The van der Waals surface area contributed by atoms with Gasteiger partial charge in [-0.15, -0.1) is 0 Å². The maximum absolute atomic E-state index is 13.9. The Morgan fingerprint density at radius 3 is 2.60 bits per heavy atom. The molecular formula is C35H47N3O5. The fourth-order valence-corrected chi connectivity index (χ4v) is 7.35. The number of fused-ring (bicyclic) bond motifs is 3. The molecule has 1 amide bonds. The number of aromatic nitrogens is 1. The van der Waals surface area contributed by atoms with E-state index in [0.29, 0.717) is 24.6 Å². The highest BCUT2D eigenvalue weighted by Crippen LogP contribution is 2.42. The second-order valence-electron chi connectivity index (χ2n) is 12.9. The number of benzene rings is 1. The van der Waals surface area contributed by atoms with Gasteiger partial charge in [0.15, 0.2) is 6.29 Å². The summed E-state index contributed by atoms with van der Waals surface area (Å²) in [5.74, 6) is 0.380. The number of hydrogen-bond donors (Lipinski definition) is 1. The number of carbonyl (C=O) groups excluding carboxylic acids is 2. The van der Waals surface area contributed by atoms with Gasteiger partial charge < -0.3 is 19.5 Å². The topological polar surface area (TPSA) is 90.0 Å². The van der Waals surface area contributed by atoms with Gasteiger partial charge in [0, 0.05) is 25.9 Å². The summed E-state index contributed by atoms with van der Waals surface area (Å²) < 4.78 is 17.7. The highest BCUT2D eigenvalue weighted by atomic mass is 16.7. The fraction of sp³-hybridized carbons (Fsp3) is 0.629. The number of pyridine rings is 1. The number of esters is 1. The SMILES string of the molecule is O=C(NCCCc1cccc(C2(C(=O)O[C@H]3CN4CCC3CC4)CCCCC2)c1)c1ccc(COC2CCCCO2)nc1. The van der Waals surface area contributed by atoms with Crippen molar-refractivity contribution < 1.29 is 23.8 Å². The van der Waals surface area contributed by atoms with Crippen molar-refractivity contribution in [1.29, 1.82) is 0 Å². The predicted molar refractivity (Wildman–Crippen MR) is 164 cm³/mol. The molecule has 8 heteroatoms. The molecule has 232 valence electrons. The molecule has 1 aromatic carbocycles. The van der Waals surface area contributed by atoms with Gasteiger partial charge in [-0.25, -0.2) is 0 Å². The van der Waals surface area contributed by atoms with Crippen molar-refractivity contribution >= 4 is 11.9 Å². The van der Waals surface area contributed by atoms with Gasteiger partial charge in [0.25, 0.3) is 5.91 Å². The summed E-state index contributed by atoms with van der Waals surface area (Å²) in [6.07, 6.45) is 13.6. The number of aryl methyl sites for hydroxylation is 1. The van der Waals surface area contributed by atoms with E-state index in [9.17, 15) is 9.59 Å². The molecule has 1 aromatic heterocycles. The lowest BCUT2D eigenvalue weighted by atomic mass is 9.69. The van der Waals surface area contributed by atoms with Crippen molar-refractivity contribution in [3.8, 4) is 0 Å². The Kier molecular flexibility index (Phi) is 10.1. The van der Waals surface area contributed by atoms with Crippen LogP contribution >= 0.6 is 0 Å². The standard InChI is InChI=1S/C35H47N3O5/c39-33(28-12-13-30(37-23-28)25-42-32-11-2-5-21-41-32)36-18-7-9-26-8-6-10-29(22-26)35(16-3-1-4-17-35)34(40)43-31-24-38-19-14-27(31)15-20-38/h6,8,10,12-13,22-23,27,31-32H,1-5,7,9,11,14-21,24-25H2,(H,36,39)/t31-,32?/m0/s1. The molecule has 5 aliphatic rings. The van der Waals surface area contributed by atoms with Crippen LogP contribution in [0.1, 0.15) is 97.8 Å². The molecule has 0 spiro atoms. The number of rotatable bonds is 11. The van der Waals surface area contributed by atoms with Gasteiger partial charge in [-0.1, -0.05) is 43.5 Å². The van der Waals surface area contributed by atoms with Gasteiger partial charge >= 0.3 is 5.97 Å². The fourth-order valence-electron chi connectivity index (χ4n) is 7.35. The van der Waals surface area contributed by atoms with Gasteiger partial charge in [0.2, 0.25) is 0 Å². The number of nitrogens with one attached hydrogen (secondary N) is 1. The summed E-state index contributed by atoms with van der Waals surface area (Å²) in [6, 6.07) is 12.2. The zero-order chi connectivity index (χ0) is 29.5. The number of ether oxygens (including phenoxy) is 3. The third-order valence-corrected chi connectivity index (χ3v) is 10.0. The summed E-state index contributed by atoms with van der Waals surface area (Å²) in [6.45, 7) is 4.87. The van der Waals surface area contributed by atoms with E-state index in [-0.39, 0.29) is 24.3 Å². The van der Waals surface area contributed by atoms with Crippen LogP contribution in [-0.4, -0.2) is 66.9 Å². The van der Waals surface area contributed by atoms with Crippen molar-refractivity contribution in [2.45, 2.75) is 101 Å². The molecule has 1 unspecified atom stereocenters. The Bertz CT molecular complexity index is 1210. The van der Waals surface area contributed by atoms with E-state index in [1.54, 1.807) is 12.3 Å². The molecule has 7 rings (SSSR count). The molecule has 4 aliphatic heterocycles. The smallest absolute Gasteiger partial charge is 0.316 e. The Balaban J connectivity index is 0.996. The number of nitrogens with zero attached hydrogens (tertiary/aromatic N) is 2. The molecule has 2 aromatic rings. The van der Waals surface area contributed by atoms with E-state index in [1.165, 1.54) is 12.0 Å². The lowest BCUT2D eigenvalue weighted by Gasteiger charge is -2.45. The Hall–Kier alpha value is -2.81. The first-order valence-corrected chi connectivity index (χ1v) is 16.6. The van der Waals surface area contributed by atoms with Crippen LogP contribution in [0.5, 0.6) is 0 Å². The van der Waals surface area contributed by atoms with Crippen LogP contribution in [0.25, 0.3) is 0 Å². The van der Waals surface area contributed by atoms with E-state index in [0.717, 1.165) is 108 Å². The molecule has 1 N–H and O–H groups in total. The van der Waals surface area contributed by atoms with Crippen molar-refractivity contribution in [2.24, 2.45) is 5.92 Å². The van der Waals surface area contributed by atoms with Gasteiger partial charge in [-0.3, -0.25) is 19.5 Å². The zero-order valence-corrected chi connectivity index (χ0v) is 25.4. The minimum absolute atomic E-state index is 0.0103. The largest absolute Gasteiger partial charge is 0.460 e. The lowest BCUT2D eigenvalue weighted by Crippen LogP contribution is -2.53. The molecule has 4 saturated heterocycles. The number of hydrogen-bond acceptors (Lipinski definition) is 7. The highest BCUT2D eigenvalue weighted by Gasteiger charge is 2.45. The van der Waals surface area contributed by atoms with E-state index in [4.69, 9.17) is 14.2 Å². The maximum atomic E-state index is 13.9. The van der Waals surface area contributed by atoms with Gasteiger partial charge in [0.05, 0.1) is 23.3 Å². The number of carbonyl (C=O) groups is 2. The van der Waals surface area contributed by atoms with E-state index in [2.05, 4.69) is 39.5 Å². The summed E-state index contributed by atoms with van der Waals surface area (Å²) in [5, 5.41) is 3.03. The molecule has 5 heterocycles. The highest BCUT2D eigenvalue weighted by molar-refractivity contribution is 5.93. The minimum atomic E-state index is -0.540. The van der Waals surface area contributed by atoms with Crippen LogP contribution in [-0.2, 0) is 37.4 Å². The number of piperidine rings is 3. The quantitative estimate of drug-likeness (QED) is 0.280. The molecule has 2 bridgehead atoms. The molecule has 8 nitrogen and oxygen atoms in total. The third kappa shape index (κ3) is 7.47.